The molecule has 0 amide bonds. The van der Waals surface area contributed by atoms with Crippen molar-refractivity contribution in [2.24, 2.45) is 0 Å². The molecule has 0 unspecified atom stereocenters. The van der Waals surface area contributed by atoms with Crippen molar-refractivity contribution in [3.05, 3.63) is 12.2 Å². The second kappa shape index (κ2) is 14.5. The molecule has 0 aromatic carbocycles. The average Bonchev–Trinajstić information content (AvgIpc) is 2.37. The molecule has 14 heteroatoms. The van der Waals surface area contributed by atoms with Gasteiger partial charge in [0.15, 0.2) is 0 Å². The summed E-state index contributed by atoms with van der Waals surface area (Å²) in [4.78, 5) is 22.7. The third kappa shape index (κ3) is 20.7. The van der Waals surface area contributed by atoms with E-state index in [0.717, 1.165) is 0 Å². The van der Waals surface area contributed by atoms with Crippen molar-refractivity contribution in [2.75, 3.05) is 24.7 Å². The number of carbonyl (C=O) groups is 2. The van der Waals surface area contributed by atoms with Crippen LogP contribution >= 0.6 is 0 Å². The van der Waals surface area contributed by atoms with E-state index in [-0.39, 0.29) is 90.7 Å². The summed E-state index contributed by atoms with van der Waals surface area (Å²) in [7, 11) is -8.26. The number of carbonyl (C=O) groups excluding carboxylic acids is 2. The minimum absolute atomic E-state index is 0. The molecule has 0 heterocycles. The van der Waals surface area contributed by atoms with E-state index >= 15 is 0 Å². The summed E-state index contributed by atoms with van der Waals surface area (Å²) in [6, 6.07) is 0. The van der Waals surface area contributed by atoms with Gasteiger partial charge in [-0.3, -0.25) is 13.9 Å². The fourth-order valence-corrected chi connectivity index (χ4v) is 2.20. The molecule has 2 N–H and O–H groups in total. The summed E-state index contributed by atoms with van der Waals surface area (Å²) in [6.07, 6.45) is -0.696. The maximum absolute atomic E-state index is 11.4. The first kappa shape index (κ1) is 30.2. The van der Waals surface area contributed by atoms with Crippen LogP contribution in [0.1, 0.15) is 19.3 Å². The van der Waals surface area contributed by atoms with Crippen LogP contribution in [0.2, 0.25) is 0 Å². The van der Waals surface area contributed by atoms with Crippen LogP contribution in [0.4, 0.5) is 0 Å². The molecular formula is C11H18Na2O10S2. The summed E-state index contributed by atoms with van der Waals surface area (Å²) in [6.45, 7) is 2.78. The van der Waals surface area contributed by atoms with Crippen molar-refractivity contribution in [1.29, 1.82) is 0 Å². The van der Waals surface area contributed by atoms with Gasteiger partial charge in [0.25, 0.3) is 20.2 Å². The van der Waals surface area contributed by atoms with Gasteiger partial charge >= 0.3 is 11.9 Å². The summed E-state index contributed by atoms with van der Waals surface area (Å²) in [5.74, 6) is -2.88. The zero-order chi connectivity index (χ0) is 18.1. The molecule has 0 aromatic rings. The Morgan fingerprint density at radius 1 is 0.840 bits per heavy atom. The Balaban J connectivity index is -0.00000242. The van der Waals surface area contributed by atoms with E-state index in [1.165, 1.54) is 0 Å². The molecule has 0 aliphatic rings. The van der Waals surface area contributed by atoms with E-state index in [1.54, 1.807) is 0 Å². The van der Waals surface area contributed by atoms with Gasteiger partial charge in [0, 0.05) is 64.7 Å². The number of hydrogen-bond donors (Lipinski definition) is 2. The molecule has 0 aliphatic carbocycles. The van der Waals surface area contributed by atoms with Crippen molar-refractivity contribution in [3.63, 3.8) is 0 Å². The van der Waals surface area contributed by atoms with E-state index in [4.69, 9.17) is 9.11 Å². The Hall–Kier alpha value is 0.500. The molecular weight excluding hydrogens is 402 g/mol. The molecule has 0 atom stereocenters. The molecule has 0 rings (SSSR count). The number of hydrogen-bond acceptors (Lipinski definition) is 8. The van der Waals surface area contributed by atoms with Crippen molar-refractivity contribution < 1.29 is 45.0 Å². The molecule has 136 valence electrons. The molecule has 0 saturated heterocycles. The van der Waals surface area contributed by atoms with Crippen LogP contribution in [0.15, 0.2) is 12.2 Å². The molecule has 25 heavy (non-hydrogen) atoms. The van der Waals surface area contributed by atoms with Crippen LogP contribution in [-0.4, -0.2) is 122 Å². The van der Waals surface area contributed by atoms with Crippen LogP contribution in [0.3, 0.4) is 0 Å². The van der Waals surface area contributed by atoms with E-state index in [9.17, 15) is 26.4 Å². The minimum atomic E-state index is -4.13. The normalized spacial score (nSPS) is 10.8. The third-order valence-electron chi connectivity index (χ3n) is 2.24. The number of esters is 2. The molecule has 0 bridgehead atoms. The van der Waals surface area contributed by atoms with Gasteiger partial charge in [0.05, 0.1) is 31.1 Å². The molecule has 0 aromatic heterocycles. The molecule has 0 saturated carbocycles. The minimum Gasteiger partial charge on any atom is -0.465 e. The first-order valence-corrected chi connectivity index (χ1v) is 9.53. The van der Waals surface area contributed by atoms with Gasteiger partial charge in [-0.05, 0) is 12.8 Å². The van der Waals surface area contributed by atoms with Crippen LogP contribution in [0, 0.1) is 0 Å². The van der Waals surface area contributed by atoms with Gasteiger partial charge in [0.1, 0.15) is 0 Å². The van der Waals surface area contributed by atoms with Crippen LogP contribution in [0.25, 0.3) is 0 Å². The average molecular weight is 420 g/mol. The number of ether oxygens (including phenoxy) is 2. The second-order valence-corrected chi connectivity index (χ2v) is 7.56. The zero-order valence-electron chi connectivity index (χ0n) is 14.1. The third-order valence-corrected chi connectivity index (χ3v) is 3.85. The summed E-state index contributed by atoms with van der Waals surface area (Å²) < 4.78 is 67.9. The Bertz CT molecular complexity index is 642. The summed E-state index contributed by atoms with van der Waals surface area (Å²) >= 11 is 0. The quantitative estimate of drug-likeness (QED) is 0.137. The number of rotatable bonds is 11. The molecule has 10 nitrogen and oxygen atoms in total. The van der Waals surface area contributed by atoms with Gasteiger partial charge < -0.3 is 9.47 Å². The standard InChI is InChI=1S/C11H18O10S2.2Na/c1-9(11(13)21-5-3-7-23(17,18)19)8-10(12)20-4-2-6-22(14,15)16;;/h1-8H2,(H,14,15,16)(H,17,18,19);;. The fraction of sp³-hybridized carbons (Fsp3) is 0.636. The first-order valence-electron chi connectivity index (χ1n) is 6.31. The molecule has 0 fully saturated rings. The molecule has 0 aliphatic heterocycles. The summed E-state index contributed by atoms with van der Waals surface area (Å²) in [5.41, 5.74) is -0.225. The van der Waals surface area contributed by atoms with E-state index < -0.39 is 50.1 Å². The maximum Gasteiger partial charge on any atom is 0.333 e. The Morgan fingerprint density at radius 3 is 1.64 bits per heavy atom. The van der Waals surface area contributed by atoms with Crippen LogP contribution in [0.5, 0.6) is 0 Å². The predicted molar refractivity (Wildman–Crippen MR) is 89.2 cm³/mol. The van der Waals surface area contributed by atoms with Crippen molar-refractivity contribution in [3.8, 4) is 0 Å². The van der Waals surface area contributed by atoms with Gasteiger partial charge in [-0.15, -0.1) is 0 Å². The van der Waals surface area contributed by atoms with E-state index in [1.807, 2.05) is 0 Å². The zero-order valence-corrected chi connectivity index (χ0v) is 19.8. The van der Waals surface area contributed by atoms with Crippen LogP contribution in [-0.2, 0) is 39.3 Å². The predicted octanol–water partition coefficient (Wildman–Crippen LogP) is -1.19. The maximum atomic E-state index is 11.4. The molecule has 2 radical (unpaired) electrons. The Labute approximate surface area is 190 Å². The van der Waals surface area contributed by atoms with E-state index in [2.05, 4.69) is 16.1 Å². The molecule has 0 spiro atoms. The second-order valence-electron chi connectivity index (χ2n) is 4.42. The SMILES string of the molecule is C=C(CC(=O)OCCCS(=O)(=O)O)C(=O)OCCCS(=O)(=O)O.[Na].[Na]. The summed E-state index contributed by atoms with van der Waals surface area (Å²) in [5, 5.41) is 0. The van der Waals surface area contributed by atoms with Gasteiger partial charge in [0.2, 0.25) is 0 Å². The van der Waals surface area contributed by atoms with Crippen molar-refractivity contribution >= 4 is 91.3 Å². The van der Waals surface area contributed by atoms with Gasteiger partial charge in [-0.1, -0.05) is 6.58 Å². The van der Waals surface area contributed by atoms with Gasteiger partial charge in [-0.25, -0.2) is 4.79 Å². The topological polar surface area (TPSA) is 161 Å². The first-order chi connectivity index (χ1) is 10.4. The van der Waals surface area contributed by atoms with Gasteiger partial charge in [-0.2, -0.15) is 16.8 Å². The Morgan fingerprint density at radius 2 is 1.24 bits per heavy atom. The van der Waals surface area contributed by atoms with E-state index in [0.29, 0.717) is 0 Å². The smallest absolute Gasteiger partial charge is 0.333 e. The monoisotopic (exact) mass is 420 g/mol. The van der Waals surface area contributed by atoms with Crippen molar-refractivity contribution in [2.45, 2.75) is 19.3 Å². The van der Waals surface area contributed by atoms with Crippen molar-refractivity contribution in [1.82, 2.24) is 0 Å². The van der Waals surface area contributed by atoms with Crippen LogP contribution < -0.4 is 0 Å². The fourth-order valence-electron chi connectivity index (χ4n) is 1.23. The largest absolute Gasteiger partial charge is 0.465 e. The Kier molecular flexibility index (Phi) is 17.6.